The van der Waals surface area contributed by atoms with E-state index in [0.29, 0.717) is 0 Å². The molecule has 0 saturated heterocycles. The Balaban J connectivity index is 1.43. The zero-order valence-electron chi connectivity index (χ0n) is 16.7. The first-order chi connectivity index (χ1) is 15.4. The molecule has 3 heteroatoms. The average molecular weight is 398 g/mol. The quantitative estimate of drug-likeness (QED) is 0.312. The summed E-state index contributed by atoms with van der Waals surface area (Å²) in [5, 5.41) is 2.21. The van der Waals surface area contributed by atoms with E-state index in [9.17, 15) is 0 Å². The van der Waals surface area contributed by atoms with Crippen molar-refractivity contribution in [2.75, 3.05) is 0 Å². The van der Waals surface area contributed by atoms with E-state index in [0.717, 1.165) is 44.5 Å². The van der Waals surface area contributed by atoms with Crippen LogP contribution < -0.4 is 0 Å². The van der Waals surface area contributed by atoms with Crippen LogP contribution in [0.4, 0.5) is 0 Å². The van der Waals surface area contributed by atoms with Gasteiger partial charge in [-0.25, -0.2) is 9.97 Å². The van der Waals surface area contributed by atoms with Crippen LogP contribution in [0.3, 0.4) is 0 Å². The number of furan rings is 1. The molecule has 0 saturated carbocycles. The van der Waals surface area contributed by atoms with Gasteiger partial charge in [-0.1, -0.05) is 84.9 Å². The first-order valence-electron chi connectivity index (χ1n) is 10.3. The fourth-order valence-electron chi connectivity index (χ4n) is 4.08. The fourth-order valence-corrected chi connectivity index (χ4v) is 4.08. The summed E-state index contributed by atoms with van der Waals surface area (Å²) >= 11 is 0. The van der Waals surface area contributed by atoms with E-state index in [4.69, 9.17) is 4.42 Å². The summed E-state index contributed by atoms with van der Waals surface area (Å²) in [6.07, 6.45) is 1.62. The minimum atomic E-state index is 0.849. The Morgan fingerprint density at radius 3 is 2.06 bits per heavy atom. The summed E-state index contributed by atoms with van der Waals surface area (Å²) in [5.74, 6) is 0. The molecule has 0 atom stereocenters. The molecule has 0 aliphatic heterocycles. The zero-order valence-corrected chi connectivity index (χ0v) is 16.7. The van der Waals surface area contributed by atoms with Gasteiger partial charge in [0.1, 0.15) is 17.5 Å². The van der Waals surface area contributed by atoms with Gasteiger partial charge in [-0.15, -0.1) is 0 Å². The Hall–Kier alpha value is -4.24. The lowest BCUT2D eigenvalue weighted by Crippen LogP contribution is -1.90. The molecule has 3 nitrogen and oxygen atoms in total. The van der Waals surface area contributed by atoms with E-state index in [1.165, 1.54) is 11.1 Å². The molecule has 6 aromatic rings. The van der Waals surface area contributed by atoms with Gasteiger partial charge < -0.3 is 4.42 Å². The van der Waals surface area contributed by atoms with Crippen molar-refractivity contribution >= 4 is 21.9 Å². The minimum absolute atomic E-state index is 0.849. The van der Waals surface area contributed by atoms with E-state index in [-0.39, 0.29) is 0 Å². The van der Waals surface area contributed by atoms with Crippen LogP contribution >= 0.6 is 0 Å². The average Bonchev–Trinajstić information content (AvgIpc) is 3.24. The van der Waals surface area contributed by atoms with Crippen LogP contribution in [0.15, 0.2) is 114 Å². The molecule has 2 aromatic heterocycles. The number of nitrogens with zero attached hydrogens (tertiary/aromatic N) is 2. The molecule has 0 N–H and O–H groups in total. The highest BCUT2D eigenvalue weighted by atomic mass is 16.3. The highest BCUT2D eigenvalue weighted by Crippen LogP contribution is 2.35. The SMILES string of the molecule is c1ccc(-c2ccc(-c3cc(-c4cccc5c4oc4ccccc45)ncn3)cc2)cc1. The number of hydrogen-bond donors (Lipinski definition) is 0. The van der Waals surface area contributed by atoms with Crippen molar-refractivity contribution < 1.29 is 4.42 Å². The number of rotatable bonds is 3. The van der Waals surface area contributed by atoms with Gasteiger partial charge in [-0.2, -0.15) is 0 Å². The van der Waals surface area contributed by atoms with Crippen molar-refractivity contribution in [2.24, 2.45) is 0 Å². The van der Waals surface area contributed by atoms with Crippen LogP contribution in [0.25, 0.3) is 55.6 Å². The molecule has 2 heterocycles. The molecule has 0 aliphatic rings. The highest BCUT2D eigenvalue weighted by Gasteiger charge is 2.13. The number of benzene rings is 4. The van der Waals surface area contributed by atoms with E-state index in [1.807, 2.05) is 30.3 Å². The first kappa shape index (κ1) is 17.6. The molecular weight excluding hydrogens is 380 g/mol. The number of para-hydroxylation sites is 2. The van der Waals surface area contributed by atoms with E-state index < -0.39 is 0 Å². The van der Waals surface area contributed by atoms with E-state index >= 15 is 0 Å². The number of hydrogen-bond acceptors (Lipinski definition) is 3. The molecular formula is C28H18N2O. The number of fused-ring (bicyclic) bond motifs is 3. The Kier molecular flexibility index (Phi) is 4.10. The van der Waals surface area contributed by atoms with Gasteiger partial charge in [0.25, 0.3) is 0 Å². The summed E-state index contributed by atoms with van der Waals surface area (Å²) in [7, 11) is 0. The number of aromatic nitrogens is 2. The Bertz CT molecular complexity index is 1520. The topological polar surface area (TPSA) is 38.9 Å². The molecule has 0 spiro atoms. The van der Waals surface area contributed by atoms with Gasteiger partial charge in [0.05, 0.1) is 11.4 Å². The lowest BCUT2D eigenvalue weighted by atomic mass is 10.0. The van der Waals surface area contributed by atoms with Crippen molar-refractivity contribution in [3.05, 3.63) is 109 Å². The smallest absolute Gasteiger partial charge is 0.144 e. The fraction of sp³-hybridized carbons (Fsp3) is 0. The first-order valence-corrected chi connectivity index (χ1v) is 10.3. The lowest BCUT2D eigenvalue weighted by molar-refractivity contribution is 0.670. The van der Waals surface area contributed by atoms with Crippen molar-refractivity contribution in [1.29, 1.82) is 0 Å². The predicted octanol–water partition coefficient (Wildman–Crippen LogP) is 7.38. The standard InChI is InChI=1S/C28H18N2O/c1-2-7-19(8-3-1)20-13-15-21(16-14-20)25-17-26(30-18-29-25)24-11-6-10-23-22-9-4-5-12-27(22)31-28(23)24/h1-18H. The second-order valence-corrected chi connectivity index (χ2v) is 7.51. The van der Waals surface area contributed by atoms with Crippen LogP contribution in [0.1, 0.15) is 0 Å². The molecule has 4 aromatic carbocycles. The third-order valence-corrected chi connectivity index (χ3v) is 5.64. The maximum Gasteiger partial charge on any atom is 0.144 e. The Labute approximate surface area is 179 Å². The molecule has 0 fully saturated rings. The van der Waals surface area contributed by atoms with Crippen molar-refractivity contribution in [2.45, 2.75) is 0 Å². The van der Waals surface area contributed by atoms with Crippen molar-refractivity contribution in [3.63, 3.8) is 0 Å². The van der Waals surface area contributed by atoms with Gasteiger partial charge >= 0.3 is 0 Å². The highest BCUT2D eigenvalue weighted by molar-refractivity contribution is 6.09. The van der Waals surface area contributed by atoms with Crippen LogP contribution in [-0.4, -0.2) is 9.97 Å². The van der Waals surface area contributed by atoms with E-state index in [1.54, 1.807) is 6.33 Å². The summed E-state index contributed by atoms with van der Waals surface area (Å²) in [4.78, 5) is 9.07. The summed E-state index contributed by atoms with van der Waals surface area (Å²) in [6, 6.07) is 35.2. The maximum absolute atomic E-state index is 6.19. The van der Waals surface area contributed by atoms with Crippen molar-refractivity contribution in [3.8, 4) is 33.6 Å². The Morgan fingerprint density at radius 1 is 0.516 bits per heavy atom. The third kappa shape index (κ3) is 3.08. The van der Waals surface area contributed by atoms with Gasteiger partial charge in [0, 0.05) is 21.9 Å². The van der Waals surface area contributed by atoms with Crippen LogP contribution in [0, 0.1) is 0 Å². The molecule has 31 heavy (non-hydrogen) atoms. The summed E-state index contributed by atoms with van der Waals surface area (Å²) in [5.41, 5.74) is 7.89. The van der Waals surface area contributed by atoms with Crippen LogP contribution in [0.5, 0.6) is 0 Å². The Morgan fingerprint density at radius 2 is 1.19 bits per heavy atom. The normalized spacial score (nSPS) is 11.2. The second kappa shape index (κ2) is 7.22. The molecule has 0 amide bonds. The minimum Gasteiger partial charge on any atom is -0.455 e. The monoisotopic (exact) mass is 398 g/mol. The molecule has 146 valence electrons. The van der Waals surface area contributed by atoms with Crippen LogP contribution in [-0.2, 0) is 0 Å². The second-order valence-electron chi connectivity index (χ2n) is 7.51. The molecule has 0 radical (unpaired) electrons. The van der Waals surface area contributed by atoms with Gasteiger partial charge in [-0.05, 0) is 29.3 Å². The van der Waals surface area contributed by atoms with Crippen molar-refractivity contribution in [1.82, 2.24) is 9.97 Å². The molecule has 0 aliphatic carbocycles. The zero-order chi connectivity index (χ0) is 20.6. The predicted molar refractivity (Wildman–Crippen MR) is 126 cm³/mol. The van der Waals surface area contributed by atoms with Gasteiger partial charge in [-0.3, -0.25) is 0 Å². The maximum atomic E-state index is 6.19. The summed E-state index contributed by atoms with van der Waals surface area (Å²) in [6.45, 7) is 0. The summed E-state index contributed by atoms with van der Waals surface area (Å²) < 4.78 is 6.19. The van der Waals surface area contributed by atoms with Crippen LogP contribution in [0.2, 0.25) is 0 Å². The van der Waals surface area contributed by atoms with E-state index in [2.05, 4.69) is 82.8 Å². The van der Waals surface area contributed by atoms with Gasteiger partial charge in [0.2, 0.25) is 0 Å². The third-order valence-electron chi connectivity index (χ3n) is 5.64. The molecule has 0 unspecified atom stereocenters. The lowest BCUT2D eigenvalue weighted by Gasteiger charge is -2.07. The largest absolute Gasteiger partial charge is 0.455 e. The molecule has 6 rings (SSSR count). The van der Waals surface area contributed by atoms with Gasteiger partial charge in [0.15, 0.2) is 0 Å². The molecule has 0 bridgehead atoms.